The standard InChI is InChI=1S/C27H28N2O/c1-4-5-22-14-18(2)6-10-24(22)25-16-21(17-29-27(25)19(3)28)8-7-20-9-11-26-23(15-20)12-13-30-26/h6,9-17H,3-5,7-8,28H2,1-2H3. The van der Waals surface area contributed by atoms with Crippen molar-refractivity contribution in [2.24, 2.45) is 5.73 Å². The van der Waals surface area contributed by atoms with Crippen molar-refractivity contribution in [3.8, 4) is 11.1 Å². The van der Waals surface area contributed by atoms with Gasteiger partial charge in [0.25, 0.3) is 0 Å². The number of rotatable bonds is 7. The first kappa shape index (κ1) is 20.0. The second-order valence-corrected chi connectivity index (χ2v) is 7.97. The van der Waals surface area contributed by atoms with Gasteiger partial charge < -0.3 is 10.2 Å². The molecule has 2 aromatic heterocycles. The number of pyridine rings is 1. The van der Waals surface area contributed by atoms with Crippen LogP contribution >= 0.6 is 0 Å². The van der Waals surface area contributed by atoms with E-state index in [1.807, 2.05) is 18.3 Å². The summed E-state index contributed by atoms with van der Waals surface area (Å²) < 4.78 is 5.45. The number of nitrogens with two attached hydrogens (primary N) is 1. The molecule has 0 amide bonds. The van der Waals surface area contributed by atoms with Crippen molar-refractivity contribution in [1.82, 2.24) is 4.98 Å². The van der Waals surface area contributed by atoms with Gasteiger partial charge in [-0.2, -0.15) is 0 Å². The molecule has 0 unspecified atom stereocenters. The van der Waals surface area contributed by atoms with Crippen molar-refractivity contribution in [2.75, 3.05) is 0 Å². The van der Waals surface area contributed by atoms with Gasteiger partial charge in [-0.1, -0.05) is 49.8 Å². The van der Waals surface area contributed by atoms with Crippen molar-refractivity contribution >= 4 is 16.7 Å². The van der Waals surface area contributed by atoms with E-state index >= 15 is 0 Å². The van der Waals surface area contributed by atoms with Crippen LogP contribution in [0.25, 0.3) is 27.8 Å². The number of aryl methyl sites for hydroxylation is 4. The van der Waals surface area contributed by atoms with Gasteiger partial charge in [-0.3, -0.25) is 4.98 Å². The fourth-order valence-electron chi connectivity index (χ4n) is 4.03. The molecule has 4 rings (SSSR count). The van der Waals surface area contributed by atoms with E-state index in [1.165, 1.54) is 27.8 Å². The third kappa shape index (κ3) is 4.16. The molecule has 0 aliphatic carbocycles. The van der Waals surface area contributed by atoms with E-state index in [0.29, 0.717) is 5.70 Å². The Hall–Kier alpha value is -3.33. The highest BCUT2D eigenvalue weighted by Crippen LogP contribution is 2.31. The van der Waals surface area contributed by atoms with Gasteiger partial charge in [-0.15, -0.1) is 0 Å². The number of furan rings is 1. The van der Waals surface area contributed by atoms with Crippen molar-refractivity contribution < 1.29 is 4.42 Å². The maximum Gasteiger partial charge on any atom is 0.133 e. The van der Waals surface area contributed by atoms with E-state index < -0.39 is 0 Å². The van der Waals surface area contributed by atoms with Crippen molar-refractivity contribution in [3.05, 3.63) is 95.5 Å². The van der Waals surface area contributed by atoms with Gasteiger partial charge in [0, 0.05) is 17.1 Å². The Morgan fingerprint density at radius 3 is 2.60 bits per heavy atom. The van der Waals surface area contributed by atoms with Gasteiger partial charge in [0.15, 0.2) is 0 Å². The number of fused-ring (bicyclic) bond motifs is 1. The molecule has 3 heteroatoms. The Kier molecular flexibility index (Phi) is 5.71. The van der Waals surface area contributed by atoms with Gasteiger partial charge in [-0.05, 0) is 72.7 Å². The lowest BCUT2D eigenvalue weighted by Crippen LogP contribution is -2.04. The molecule has 0 fully saturated rings. The van der Waals surface area contributed by atoms with E-state index in [9.17, 15) is 0 Å². The molecule has 0 atom stereocenters. The fraction of sp³-hybridized carbons (Fsp3) is 0.222. The molecule has 3 nitrogen and oxygen atoms in total. The van der Waals surface area contributed by atoms with Crippen LogP contribution in [-0.2, 0) is 19.3 Å². The first-order valence-electron chi connectivity index (χ1n) is 10.5. The summed E-state index contributed by atoms with van der Waals surface area (Å²) in [5, 5.41) is 1.14. The minimum absolute atomic E-state index is 0.505. The fourth-order valence-corrected chi connectivity index (χ4v) is 4.03. The summed E-state index contributed by atoms with van der Waals surface area (Å²) in [5.74, 6) is 0. The molecule has 30 heavy (non-hydrogen) atoms. The number of nitrogens with zero attached hydrogens (tertiary/aromatic N) is 1. The monoisotopic (exact) mass is 396 g/mol. The van der Waals surface area contributed by atoms with Gasteiger partial charge in [0.1, 0.15) is 5.58 Å². The Labute approximate surface area is 178 Å². The Bertz CT molecular complexity index is 1200. The minimum Gasteiger partial charge on any atom is -0.464 e. The quantitative estimate of drug-likeness (QED) is 0.389. The molecule has 0 radical (unpaired) electrons. The third-order valence-electron chi connectivity index (χ3n) is 5.54. The smallest absolute Gasteiger partial charge is 0.133 e. The molecular formula is C27H28N2O. The van der Waals surface area contributed by atoms with Crippen LogP contribution in [0.1, 0.15) is 41.3 Å². The Morgan fingerprint density at radius 1 is 0.967 bits per heavy atom. The molecule has 4 aromatic rings. The number of hydrogen-bond acceptors (Lipinski definition) is 3. The van der Waals surface area contributed by atoms with Crippen LogP contribution in [0.4, 0.5) is 0 Å². The van der Waals surface area contributed by atoms with Gasteiger partial charge in [-0.25, -0.2) is 0 Å². The maximum atomic E-state index is 6.10. The highest BCUT2D eigenvalue weighted by molar-refractivity contribution is 5.80. The molecule has 0 saturated carbocycles. The van der Waals surface area contributed by atoms with Crippen LogP contribution in [0.3, 0.4) is 0 Å². The predicted octanol–water partition coefficient (Wildman–Crippen LogP) is 6.47. The summed E-state index contributed by atoms with van der Waals surface area (Å²) in [5.41, 5.74) is 15.7. The zero-order chi connectivity index (χ0) is 21.1. The summed E-state index contributed by atoms with van der Waals surface area (Å²) in [6.45, 7) is 8.30. The van der Waals surface area contributed by atoms with Gasteiger partial charge in [0.05, 0.1) is 17.7 Å². The summed E-state index contributed by atoms with van der Waals surface area (Å²) >= 11 is 0. The highest BCUT2D eigenvalue weighted by Gasteiger charge is 2.13. The summed E-state index contributed by atoms with van der Waals surface area (Å²) in [7, 11) is 0. The molecule has 0 bridgehead atoms. The van der Waals surface area contributed by atoms with Crippen LogP contribution in [-0.4, -0.2) is 4.98 Å². The van der Waals surface area contributed by atoms with Crippen LogP contribution in [0, 0.1) is 6.92 Å². The predicted molar refractivity (Wildman–Crippen MR) is 125 cm³/mol. The molecule has 0 spiro atoms. The lowest BCUT2D eigenvalue weighted by Gasteiger charge is -2.15. The lowest BCUT2D eigenvalue weighted by atomic mass is 9.92. The molecule has 0 aliphatic rings. The third-order valence-corrected chi connectivity index (χ3v) is 5.54. The average molecular weight is 397 g/mol. The van der Waals surface area contributed by atoms with Crippen molar-refractivity contribution in [3.63, 3.8) is 0 Å². The van der Waals surface area contributed by atoms with Crippen LogP contribution in [0.5, 0.6) is 0 Å². The largest absolute Gasteiger partial charge is 0.464 e. The molecule has 2 N–H and O–H groups in total. The highest BCUT2D eigenvalue weighted by atomic mass is 16.3. The Morgan fingerprint density at radius 2 is 1.80 bits per heavy atom. The first-order chi connectivity index (χ1) is 14.5. The first-order valence-corrected chi connectivity index (χ1v) is 10.5. The molecule has 2 aromatic carbocycles. The van der Waals surface area contributed by atoms with Crippen LogP contribution in [0.2, 0.25) is 0 Å². The van der Waals surface area contributed by atoms with E-state index in [4.69, 9.17) is 15.1 Å². The maximum absolute atomic E-state index is 6.10. The van der Waals surface area contributed by atoms with E-state index in [-0.39, 0.29) is 0 Å². The Balaban J connectivity index is 1.67. The van der Waals surface area contributed by atoms with Crippen LogP contribution < -0.4 is 5.73 Å². The average Bonchev–Trinajstić information content (AvgIpc) is 3.20. The number of hydrogen-bond donors (Lipinski definition) is 1. The van der Waals surface area contributed by atoms with Gasteiger partial charge in [0.2, 0.25) is 0 Å². The normalized spacial score (nSPS) is 11.1. The zero-order valence-electron chi connectivity index (χ0n) is 17.7. The molecular weight excluding hydrogens is 368 g/mol. The van der Waals surface area contributed by atoms with Crippen LogP contribution in [0.15, 0.2) is 72.0 Å². The van der Waals surface area contributed by atoms with Crippen molar-refractivity contribution in [2.45, 2.75) is 39.5 Å². The summed E-state index contributed by atoms with van der Waals surface area (Å²) in [6, 6.07) is 17.2. The van der Waals surface area contributed by atoms with E-state index in [1.54, 1.807) is 6.26 Å². The van der Waals surface area contributed by atoms with Crippen molar-refractivity contribution in [1.29, 1.82) is 0 Å². The second kappa shape index (κ2) is 8.58. The number of benzene rings is 2. The summed E-state index contributed by atoms with van der Waals surface area (Å²) in [6.07, 6.45) is 7.65. The molecule has 2 heterocycles. The molecule has 152 valence electrons. The van der Waals surface area contributed by atoms with Gasteiger partial charge >= 0.3 is 0 Å². The zero-order valence-corrected chi connectivity index (χ0v) is 17.7. The minimum atomic E-state index is 0.505. The molecule has 0 aliphatic heterocycles. The SMILES string of the molecule is C=C(N)c1ncc(CCc2ccc3occc3c2)cc1-c1ccc(C)cc1CCC. The number of aromatic nitrogens is 1. The second-order valence-electron chi connectivity index (χ2n) is 7.97. The topological polar surface area (TPSA) is 52.0 Å². The van der Waals surface area contributed by atoms with E-state index in [0.717, 1.165) is 47.9 Å². The van der Waals surface area contributed by atoms with E-state index in [2.05, 4.69) is 56.8 Å². The molecule has 0 saturated heterocycles. The lowest BCUT2D eigenvalue weighted by molar-refractivity contribution is 0.616. The summed E-state index contributed by atoms with van der Waals surface area (Å²) in [4.78, 5) is 4.69.